The molecule has 4 nitrogen and oxygen atoms in total. The molecule has 0 spiro atoms. The predicted octanol–water partition coefficient (Wildman–Crippen LogP) is 3.11. The fraction of sp³-hybridized carbons (Fsp3) is 0.562. The van der Waals surface area contributed by atoms with Gasteiger partial charge in [-0.05, 0) is 51.3 Å². The van der Waals surface area contributed by atoms with E-state index in [-0.39, 0.29) is 5.91 Å². The Bertz CT molecular complexity index is 473. The number of hydrogen-bond acceptors (Lipinski definition) is 3. The Labute approximate surface area is 120 Å². The molecule has 0 aliphatic carbocycles. The summed E-state index contributed by atoms with van der Waals surface area (Å²) in [4.78, 5) is 14.6. The quantitative estimate of drug-likeness (QED) is 0.849. The fourth-order valence-electron chi connectivity index (χ4n) is 2.64. The maximum atomic E-state index is 12.6. The second kappa shape index (κ2) is 6.64. The summed E-state index contributed by atoms with van der Waals surface area (Å²) in [6.45, 7) is 5.43. The van der Waals surface area contributed by atoms with Crippen LogP contribution in [0.1, 0.15) is 43.5 Å². The van der Waals surface area contributed by atoms with Crippen LogP contribution < -0.4 is 9.47 Å². The van der Waals surface area contributed by atoms with E-state index in [4.69, 9.17) is 9.47 Å². The minimum Gasteiger partial charge on any atom is -0.493 e. The van der Waals surface area contributed by atoms with Gasteiger partial charge in [-0.2, -0.15) is 0 Å². The van der Waals surface area contributed by atoms with E-state index >= 15 is 0 Å². The first-order chi connectivity index (χ1) is 9.67. The zero-order chi connectivity index (χ0) is 14.5. The first-order valence-electron chi connectivity index (χ1n) is 7.29. The van der Waals surface area contributed by atoms with Gasteiger partial charge < -0.3 is 14.4 Å². The number of carbonyl (C=O) groups is 1. The van der Waals surface area contributed by atoms with E-state index in [1.807, 2.05) is 17.9 Å². The second-order valence-corrected chi connectivity index (χ2v) is 5.14. The van der Waals surface area contributed by atoms with Crippen molar-refractivity contribution >= 4 is 5.91 Å². The Hall–Kier alpha value is -1.71. The number of carbonyl (C=O) groups excluding carboxylic acids is 1. The smallest absolute Gasteiger partial charge is 0.254 e. The van der Waals surface area contributed by atoms with Crippen LogP contribution in [0.25, 0.3) is 0 Å². The lowest BCUT2D eigenvalue weighted by Gasteiger charge is -2.33. The van der Waals surface area contributed by atoms with E-state index in [2.05, 4.69) is 6.92 Å². The van der Waals surface area contributed by atoms with E-state index in [1.165, 1.54) is 6.42 Å². The molecule has 0 aromatic heterocycles. The van der Waals surface area contributed by atoms with Crippen LogP contribution >= 0.6 is 0 Å². The highest BCUT2D eigenvalue weighted by molar-refractivity contribution is 5.95. The van der Waals surface area contributed by atoms with E-state index < -0.39 is 0 Å². The number of methoxy groups -OCH3 is 1. The van der Waals surface area contributed by atoms with E-state index in [1.54, 1.807) is 19.2 Å². The zero-order valence-electron chi connectivity index (χ0n) is 12.5. The molecule has 0 radical (unpaired) electrons. The number of amides is 1. The summed E-state index contributed by atoms with van der Waals surface area (Å²) in [6, 6.07) is 5.71. The van der Waals surface area contributed by atoms with Crippen molar-refractivity contribution in [2.45, 2.75) is 39.2 Å². The third-order valence-electron chi connectivity index (χ3n) is 3.77. The lowest BCUT2D eigenvalue weighted by Crippen LogP contribution is -2.42. The van der Waals surface area contributed by atoms with Crippen molar-refractivity contribution in [3.63, 3.8) is 0 Å². The van der Waals surface area contributed by atoms with Crippen molar-refractivity contribution < 1.29 is 14.3 Å². The molecule has 0 N–H and O–H groups in total. The Morgan fingerprint density at radius 3 is 2.80 bits per heavy atom. The summed E-state index contributed by atoms with van der Waals surface area (Å²) in [6.07, 6.45) is 3.38. The molecular weight excluding hydrogens is 254 g/mol. The van der Waals surface area contributed by atoms with Crippen LogP contribution in [0, 0.1) is 0 Å². The minimum atomic E-state index is 0.0841. The van der Waals surface area contributed by atoms with Crippen LogP contribution in [0.5, 0.6) is 11.5 Å². The van der Waals surface area contributed by atoms with Crippen molar-refractivity contribution in [2.24, 2.45) is 0 Å². The summed E-state index contributed by atoms with van der Waals surface area (Å²) < 4.78 is 10.8. The number of benzene rings is 1. The molecule has 4 heteroatoms. The van der Waals surface area contributed by atoms with Crippen LogP contribution in [-0.4, -0.2) is 37.1 Å². The first-order valence-corrected chi connectivity index (χ1v) is 7.29. The molecule has 110 valence electrons. The van der Waals surface area contributed by atoms with Crippen LogP contribution in [0.15, 0.2) is 18.2 Å². The Balaban J connectivity index is 2.23. The van der Waals surface area contributed by atoms with Gasteiger partial charge in [0.1, 0.15) is 0 Å². The second-order valence-electron chi connectivity index (χ2n) is 5.14. The topological polar surface area (TPSA) is 38.8 Å². The van der Waals surface area contributed by atoms with Gasteiger partial charge >= 0.3 is 0 Å². The maximum Gasteiger partial charge on any atom is 0.254 e. The summed E-state index contributed by atoms with van der Waals surface area (Å²) in [7, 11) is 1.60. The number of rotatable bonds is 4. The lowest BCUT2D eigenvalue weighted by atomic mass is 10.0. The van der Waals surface area contributed by atoms with Crippen molar-refractivity contribution in [1.29, 1.82) is 0 Å². The van der Waals surface area contributed by atoms with Crippen LogP contribution in [-0.2, 0) is 0 Å². The molecule has 1 saturated heterocycles. The summed E-state index contributed by atoms with van der Waals surface area (Å²) in [5.74, 6) is 1.38. The van der Waals surface area contributed by atoms with Crippen molar-refractivity contribution in [2.75, 3.05) is 20.3 Å². The summed E-state index contributed by atoms with van der Waals surface area (Å²) in [5, 5.41) is 0. The molecule has 1 aromatic rings. The van der Waals surface area contributed by atoms with E-state index in [0.717, 1.165) is 19.4 Å². The number of ether oxygens (including phenoxy) is 2. The standard InChI is InChI=1S/C16H23NO3/c1-4-20-15-11-13(8-9-14(15)19-3)16(18)17-10-6-5-7-12(17)2/h8-9,11-12H,4-7,10H2,1-3H3. The summed E-state index contributed by atoms with van der Waals surface area (Å²) >= 11 is 0. The van der Waals surface area contributed by atoms with Crippen LogP contribution in [0.3, 0.4) is 0 Å². The number of hydrogen-bond donors (Lipinski definition) is 0. The third-order valence-corrected chi connectivity index (χ3v) is 3.77. The zero-order valence-corrected chi connectivity index (χ0v) is 12.5. The van der Waals surface area contributed by atoms with Gasteiger partial charge in [-0.3, -0.25) is 4.79 Å². The van der Waals surface area contributed by atoms with Gasteiger partial charge in [0.15, 0.2) is 11.5 Å². The van der Waals surface area contributed by atoms with Gasteiger partial charge in [0.2, 0.25) is 0 Å². The molecule has 1 amide bonds. The van der Waals surface area contributed by atoms with E-state index in [9.17, 15) is 4.79 Å². The van der Waals surface area contributed by atoms with E-state index in [0.29, 0.717) is 29.7 Å². The fourth-order valence-corrected chi connectivity index (χ4v) is 2.64. The highest BCUT2D eigenvalue weighted by atomic mass is 16.5. The Morgan fingerprint density at radius 1 is 1.35 bits per heavy atom. The normalized spacial score (nSPS) is 18.8. The molecule has 2 rings (SSSR count). The SMILES string of the molecule is CCOc1cc(C(=O)N2CCCCC2C)ccc1OC. The monoisotopic (exact) mass is 277 g/mol. The van der Waals surface area contributed by atoms with Gasteiger partial charge in [0, 0.05) is 18.2 Å². The molecule has 1 fully saturated rings. The van der Waals surface area contributed by atoms with Gasteiger partial charge in [-0.1, -0.05) is 0 Å². The number of nitrogens with zero attached hydrogens (tertiary/aromatic N) is 1. The Kier molecular flexibility index (Phi) is 4.88. The summed E-state index contributed by atoms with van der Waals surface area (Å²) in [5.41, 5.74) is 0.669. The molecule has 1 aliphatic rings. The van der Waals surface area contributed by atoms with Gasteiger partial charge in [-0.15, -0.1) is 0 Å². The average Bonchev–Trinajstić information content (AvgIpc) is 2.47. The van der Waals surface area contributed by atoms with Gasteiger partial charge in [0.05, 0.1) is 13.7 Å². The van der Waals surface area contributed by atoms with Crippen molar-refractivity contribution in [3.05, 3.63) is 23.8 Å². The molecule has 1 unspecified atom stereocenters. The highest BCUT2D eigenvalue weighted by Crippen LogP contribution is 2.29. The predicted molar refractivity (Wildman–Crippen MR) is 78.5 cm³/mol. The molecule has 0 bridgehead atoms. The first kappa shape index (κ1) is 14.7. The third kappa shape index (κ3) is 3.06. The molecule has 1 aromatic carbocycles. The van der Waals surface area contributed by atoms with Crippen LogP contribution in [0.2, 0.25) is 0 Å². The lowest BCUT2D eigenvalue weighted by molar-refractivity contribution is 0.0635. The van der Waals surface area contributed by atoms with Gasteiger partial charge in [0.25, 0.3) is 5.91 Å². The minimum absolute atomic E-state index is 0.0841. The molecule has 0 saturated carbocycles. The van der Waals surface area contributed by atoms with Crippen molar-refractivity contribution in [1.82, 2.24) is 4.90 Å². The number of likely N-dealkylation sites (tertiary alicyclic amines) is 1. The van der Waals surface area contributed by atoms with Crippen molar-refractivity contribution in [3.8, 4) is 11.5 Å². The van der Waals surface area contributed by atoms with Crippen LogP contribution in [0.4, 0.5) is 0 Å². The molecule has 1 heterocycles. The van der Waals surface area contributed by atoms with Gasteiger partial charge in [-0.25, -0.2) is 0 Å². The maximum absolute atomic E-state index is 12.6. The Morgan fingerprint density at radius 2 is 2.15 bits per heavy atom. The molecule has 20 heavy (non-hydrogen) atoms. The molecular formula is C16H23NO3. The highest BCUT2D eigenvalue weighted by Gasteiger charge is 2.24. The largest absolute Gasteiger partial charge is 0.493 e. The average molecular weight is 277 g/mol. The number of piperidine rings is 1. The molecule has 1 atom stereocenters. The molecule has 1 aliphatic heterocycles.